The molecule has 0 aromatic carbocycles. The minimum atomic E-state index is -1.17. The Morgan fingerprint density at radius 3 is 2.30 bits per heavy atom. The number of allylic oxidation sites excluding steroid dienone is 1. The summed E-state index contributed by atoms with van der Waals surface area (Å²) in [6.07, 6.45) is 11.2. The lowest BCUT2D eigenvalue weighted by Crippen LogP contribution is -2.54. The first-order chi connectivity index (χ1) is 11.2. The van der Waals surface area contributed by atoms with Crippen LogP contribution in [0.2, 0.25) is 0 Å². The van der Waals surface area contributed by atoms with Crippen LogP contribution in [0.5, 0.6) is 0 Å². The molecule has 1 fully saturated rings. The van der Waals surface area contributed by atoms with Gasteiger partial charge in [0.05, 0.1) is 12.9 Å². The maximum absolute atomic E-state index is 9.75. The Bertz CT molecular complexity index is 308. The monoisotopic (exact) mass is 330 g/mol. The Kier molecular flexibility index (Phi) is 11.3. The van der Waals surface area contributed by atoms with Crippen LogP contribution < -0.4 is 0 Å². The maximum Gasteiger partial charge on any atom is 0.120 e. The van der Waals surface area contributed by atoms with Crippen molar-refractivity contribution in [1.82, 2.24) is 0 Å². The Morgan fingerprint density at radius 2 is 1.61 bits per heavy atom. The van der Waals surface area contributed by atoms with Gasteiger partial charge in [-0.15, -0.1) is 0 Å². The van der Waals surface area contributed by atoms with Crippen molar-refractivity contribution in [1.29, 1.82) is 0 Å². The summed E-state index contributed by atoms with van der Waals surface area (Å²) in [5.74, 6) is 0. The molecule has 4 atom stereocenters. The number of rotatable bonds is 12. The molecule has 5 nitrogen and oxygen atoms in total. The highest BCUT2D eigenvalue weighted by Crippen LogP contribution is 2.16. The van der Waals surface area contributed by atoms with E-state index in [9.17, 15) is 15.3 Å². The fourth-order valence-corrected chi connectivity index (χ4v) is 2.70. The Labute approximate surface area is 140 Å². The standard InChI is InChI=1S/C18H34O5/c1-2-3-4-5-6-7-8-9-10-11-12-22-14-16-18(21)17(20)15(19)13-23-16/h11-12,15-21H,2-10,13-14H2,1H3/b12-11+/t15-,16+,17+,18+/m1/s1. The average molecular weight is 330 g/mol. The number of aliphatic hydroxyl groups excluding tert-OH is 3. The van der Waals surface area contributed by atoms with Crippen LogP contribution in [0, 0.1) is 0 Å². The van der Waals surface area contributed by atoms with E-state index < -0.39 is 24.4 Å². The third kappa shape index (κ3) is 8.70. The molecule has 0 radical (unpaired) electrons. The molecular formula is C18H34O5. The van der Waals surface area contributed by atoms with E-state index in [4.69, 9.17) is 9.47 Å². The number of hydrogen-bond donors (Lipinski definition) is 3. The molecule has 1 rings (SSSR count). The first-order valence-corrected chi connectivity index (χ1v) is 9.09. The van der Waals surface area contributed by atoms with Gasteiger partial charge in [-0.2, -0.15) is 0 Å². The van der Waals surface area contributed by atoms with Gasteiger partial charge < -0.3 is 24.8 Å². The van der Waals surface area contributed by atoms with E-state index in [1.165, 1.54) is 51.4 Å². The molecule has 5 heteroatoms. The highest BCUT2D eigenvalue weighted by Gasteiger charge is 2.37. The van der Waals surface area contributed by atoms with Gasteiger partial charge in [0.25, 0.3) is 0 Å². The van der Waals surface area contributed by atoms with Gasteiger partial charge in [0.1, 0.15) is 31.0 Å². The van der Waals surface area contributed by atoms with Crippen LogP contribution in [-0.2, 0) is 9.47 Å². The zero-order valence-corrected chi connectivity index (χ0v) is 14.4. The molecule has 0 aromatic rings. The van der Waals surface area contributed by atoms with Crippen molar-refractivity contribution in [3.05, 3.63) is 12.3 Å². The summed E-state index contributed by atoms with van der Waals surface area (Å²) in [6.45, 7) is 2.44. The summed E-state index contributed by atoms with van der Waals surface area (Å²) in [6, 6.07) is 0. The van der Waals surface area contributed by atoms with E-state index in [1.807, 2.05) is 6.08 Å². The average Bonchev–Trinajstić information content (AvgIpc) is 2.55. The molecule has 136 valence electrons. The third-order valence-electron chi connectivity index (χ3n) is 4.28. The normalized spacial score (nSPS) is 28.3. The van der Waals surface area contributed by atoms with Gasteiger partial charge in [-0.05, 0) is 18.9 Å². The van der Waals surface area contributed by atoms with Gasteiger partial charge in [0.2, 0.25) is 0 Å². The van der Waals surface area contributed by atoms with Crippen LogP contribution in [0.1, 0.15) is 64.7 Å². The van der Waals surface area contributed by atoms with E-state index in [0.717, 1.165) is 6.42 Å². The second kappa shape index (κ2) is 12.8. The Balaban J connectivity index is 1.94. The van der Waals surface area contributed by atoms with Crippen LogP contribution >= 0.6 is 0 Å². The van der Waals surface area contributed by atoms with E-state index in [0.29, 0.717) is 0 Å². The number of aliphatic hydroxyl groups is 3. The van der Waals surface area contributed by atoms with Crippen LogP contribution in [0.3, 0.4) is 0 Å². The van der Waals surface area contributed by atoms with E-state index in [2.05, 4.69) is 6.92 Å². The summed E-state index contributed by atoms with van der Waals surface area (Å²) >= 11 is 0. The molecule has 3 N–H and O–H groups in total. The lowest BCUT2D eigenvalue weighted by atomic mass is 10.0. The first-order valence-electron chi connectivity index (χ1n) is 9.09. The second-order valence-electron chi connectivity index (χ2n) is 6.39. The lowest BCUT2D eigenvalue weighted by Gasteiger charge is -2.34. The van der Waals surface area contributed by atoms with Gasteiger partial charge in [0.15, 0.2) is 0 Å². The van der Waals surface area contributed by atoms with Gasteiger partial charge in [-0.25, -0.2) is 0 Å². The zero-order valence-electron chi connectivity index (χ0n) is 14.4. The van der Waals surface area contributed by atoms with Gasteiger partial charge in [0, 0.05) is 0 Å². The number of ether oxygens (including phenoxy) is 2. The van der Waals surface area contributed by atoms with Crippen LogP contribution in [-0.4, -0.2) is 52.9 Å². The van der Waals surface area contributed by atoms with Crippen molar-refractivity contribution >= 4 is 0 Å². The first kappa shape index (κ1) is 20.4. The summed E-state index contributed by atoms with van der Waals surface area (Å²) in [4.78, 5) is 0. The van der Waals surface area contributed by atoms with E-state index >= 15 is 0 Å². The van der Waals surface area contributed by atoms with E-state index in [1.54, 1.807) is 6.26 Å². The molecule has 1 aliphatic heterocycles. The molecule has 0 aromatic heterocycles. The largest absolute Gasteiger partial charge is 0.499 e. The summed E-state index contributed by atoms with van der Waals surface area (Å²) in [7, 11) is 0. The van der Waals surface area contributed by atoms with Crippen molar-refractivity contribution < 1.29 is 24.8 Å². The predicted molar refractivity (Wildman–Crippen MR) is 90.1 cm³/mol. The second-order valence-corrected chi connectivity index (χ2v) is 6.39. The lowest BCUT2D eigenvalue weighted by molar-refractivity contribution is -0.195. The van der Waals surface area contributed by atoms with Crippen molar-refractivity contribution in [2.75, 3.05) is 13.2 Å². The Morgan fingerprint density at radius 1 is 0.957 bits per heavy atom. The molecular weight excluding hydrogens is 296 g/mol. The highest BCUT2D eigenvalue weighted by atomic mass is 16.6. The number of unbranched alkanes of at least 4 members (excludes halogenated alkanes) is 8. The molecule has 0 bridgehead atoms. The van der Waals surface area contributed by atoms with Gasteiger partial charge >= 0.3 is 0 Å². The molecule has 1 aliphatic rings. The minimum Gasteiger partial charge on any atom is -0.499 e. The molecule has 1 saturated heterocycles. The van der Waals surface area contributed by atoms with Crippen molar-refractivity contribution in [2.24, 2.45) is 0 Å². The number of hydrogen-bond acceptors (Lipinski definition) is 5. The van der Waals surface area contributed by atoms with E-state index in [-0.39, 0.29) is 13.2 Å². The summed E-state index contributed by atoms with van der Waals surface area (Å²) in [5.41, 5.74) is 0. The summed E-state index contributed by atoms with van der Waals surface area (Å²) < 4.78 is 10.6. The van der Waals surface area contributed by atoms with Crippen LogP contribution in [0.4, 0.5) is 0 Å². The van der Waals surface area contributed by atoms with Gasteiger partial charge in [-0.3, -0.25) is 0 Å². The van der Waals surface area contributed by atoms with Crippen LogP contribution in [0.25, 0.3) is 0 Å². The molecule has 0 aliphatic carbocycles. The minimum absolute atomic E-state index is 0.0220. The molecule has 0 unspecified atom stereocenters. The Hall–Kier alpha value is -0.620. The fraction of sp³-hybridized carbons (Fsp3) is 0.889. The SMILES string of the molecule is CCCCCCCCCC/C=C/OC[C@@H]1OC[C@@H](O)[C@H](O)[C@H]1O. The van der Waals surface area contributed by atoms with Crippen molar-refractivity contribution in [2.45, 2.75) is 89.1 Å². The molecule has 23 heavy (non-hydrogen) atoms. The molecule has 0 amide bonds. The predicted octanol–water partition coefficient (Wildman–Crippen LogP) is 2.53. The zero-order chi connectivity index (χ0) is 16.9. The highest BCUT2D eigenvalue weighted by molar-refractivity contribution is 4.87. The molecule has 0 saturated carbocycles. The van der Waals surface area contributed by atoms with Gasteiger partial charge in [-0.1, -0.05) is 51.9 Å². The topological polar surface area (TPSA) is 79.2 Å². The smallest absolute Gasteiger partial charge is 0.120 e. The third-order valence-corrected chi connectivity index (χ3v) is 4.28. The summed E-state index contributed by atoms with van der Waals surface area (Å²) in [5, 5.41) is 28.6. The molecule has 0 spiro atoms. The maximum atomic E-state index is 9.75. The molecule has 1 heterocycles. The fourth-order valence-electron chi connectivity index (χ4n) is 2.70. The van der Waals surface area contributed by atoms with Crippen molar-refractivity contribution in [3.8, 4) is 0 Å². The van der Waals surface area contributed by atoms with Crippen molar-refractivity contribution in [3.63, 3.8) is 0 Å². The van der Waals surface area contributed by atoms with Crippen LogP contribution in [0.15, 0.2) is 12.3 Å². The quantitative estimate of drug-likeness (QED) is 0.378.